The summed E-state index contributed by atoms with van der Waals surface area (Å²) in [7, 11) is 0. The first-order valence-corrected chi connectivity index (χ1v) is 7.72. The molecule has 2 aromatic heterocycles. The minimum absolute atomic E-state index is 0.272. The average molecular weight is 326 g/mol. The van der Waals surface area contributed by atoms with Crippen LogP contribution in [0.3, 0.4) is 0 Å². The molecular weight excluding hydrogens is 311 g/mol. The van der Waals surface area contributed by atoms with Crippen molar-refractivity contribution in [1.82, 2.24) is 20.2 Å². The van der Waals surface area contributed by atoms with Gasteiger partial charge in [-0.25, -0.2) is 9.37 Å². The van der Waals surface area contributed by atoms with Crippen LogP contribution in [0, 0.1) is 5.82 Å². The highest BCUT2D eigenvalue weighted by molar-refractivity contribution is 5.44. The minimum atomic E-state index is -0.473. The van der Waals surface area contributed by atoms with Crippen molar-refractivity contribution in [2.75, 3.05) is 13.2 Å². The van der Waals surface area contributed by atoms with Crippen molar-refractivity contribution in [2.45, 2.75) is 18.3 Å². The van der Waals surface area contributed by atoms with E-state index in [1.807, 2.05) is 0 Å². The summed E-state index contributed by atoms with van der Waals surface area (Å²) in [4.78, 5) is 8.20. The molecule has 7 heteroatoms. The lowest BCUT2D eigenvalue weighted by Gasteiger charge is -2.34. The van der Waals surface area contributed by atoms with Gasteiger partial charge in [0.25, 0.3) is 5.89 Å². The van der Waals surface area contributed by atoms with Crippen LogP contribution >= 0.6 is 0 Å². The number of ether oxygens (including phenoxy) is 1. The lowest BCUT2D eigenvalue weighted by atomic mass is 9.74. The molecule has 0 N–H and O–H groups in total. The summed E-state index contributed by atoms with van der Waals surface area (Å²) < 4.78 is 24.7. The van der Waals surface area contributed by atoms with Gasteiger partial charge in [0.15, 0.2) is 0 Å². The molecule has 0 spiro atoms. The summed E-state index contributed by atoms with van der Waals surface area (Å²) in [6, 6.07) is 6.44. The van der Waals surface area contributed by atoms with Gasteiger partial charge in [0, 0.05) is 25.6 Å². The van der Waals surface area contributed by atoms with Crippen molar-refractivity contribution < 1.29 is 13.5 Å². The van der Waals surface area contributed by atoms with Crippen molar-refractivity contribution in [2.24, 2.45) is 0 Å². The third-order valence-corrected chi connectivity index (χ3v) is 4.36. The maximum absolute atomic E-state index is 13.3. The lowest BCUT2D eigenvalue weighted by Crippen LogP contribution is -2.35. The Hall–Kier alpha value is -2.67. The van der Waals surface area contributed by atoms with Crippen molar-refractivity contribution in [3.05, 3.63) is 60.1 Å². The Morgan fingerprint density at radius 3 is 2.50 bits per heavy atom. The molecule has 1 saturated heterocycles. The molecule has 0 radical (unpaired) electrons. The Balaban J connectivity index is 1.77. The third-order valence-electron chi connectivity index (χ3n) is 4.36. The highest BCUT2D eigenvalue weighted by atomic mass is 19.1. The minimum Gasteiger partial charge on any atom is -0.418 e. The molecule has 0 bridgehead atoms. The molecule has 0 unspecified atom stereocenters. The van der Waals surface area contributed by atoms with Crippen LogP contribution in [0.1, 0.15) is 24.3 Å². The van der Waals surface area contributed by atoms with Gasteiger partial charge in [-0.15, -0.1) is 10.2 Å². The molecule has 0 amide bonds. The SMILES string of the molecule is Fc1ccc(C2(c3nnc(-c4cnccn4)o3)CCOCC2)cc1. The van der Waals surface area contributed by atoms with Crippen LogP contribution in [0.4, 0.5) is 4.39 Å². The fraction of sp³-hybridized carbons (Fsp3) is 0.294. The van der Waals surface area contributed by atoms with Crippen molar-refractivity contribution >= 4 is 0 Å². The van der Waals surface area contributed by atoms with E-state index in [9.17, 15) is 4.39 Å². The zero-order chi connectivity index (χ0) is 16.4. The topological polar surface area (TPSA) is 73.9 Å². The van der Waals surface area contributed by atoms with Crippen molar-refractivity contribution in [1.29, 1.82) is 0 Å². The summed E-state index contributed by atoms with van der Waals surface area (Å²) in [5, 5.41) is 8.37. The van der Waals surface area contributed by atoms with Crippen LogP contribution in [-0.2, 0) is 10.2 Å². The monoisotopic (exact) mass is 326 g/mol. The fourth-order valence-electron chi connectivity index (χ4n) is 3.04. The molecular formula is C17H15FN4O2. The number of hydrogen-bond acceptors (Lipinski definition) is 6. The predicted octanol–water partition coefficient (Wildman–Crippen LogP) is 2.76. The molecule has 0 aliphatic carbocycles. The average Bonchev–Trinajstić information content (AvgIpc) is 3.14. The third kappa shape index (κ3) is 2.56. The molecule has 1 aliphatic rings. The first kappa shape index (κ1) is 14.9. The Morgan fingerprint density at radius 1 is 1.00 bits per heavy atom. The van der Waals surface area contributed by atoms with Crippen LogP contribution in [0.5, 0.6) is 0 Å². The van der Waals surface area contributed by atoms with Gasteiger partial charge in [-0.3, -0.25) is 4.98 Å². The number of benzene rings is 1. The van der Waals surface area contributed by atoms with Gasteiger partial charge in [0.2, 0.25) is 5.89 Å². The molecule has 3 heterocycles. The zero-order valence-corrected chi connectivity index (χ0v) is 12.9. The van der Waals surface area contributed by atoms with Crippen LogP contribution in [0.2, 0.25) is 0 Å². The Labute approximate surface area is 137 Å². The van der Waals surface area contributed by atoms with E-state index in [1.54, 1.807) is 30.7 Å². The van der Waals surface area contributed by atoms with Crippen LogP contribution < -0.4 is 0 Å². The molecule has 122 valence electrons. The standard InChI is InChI=1S/C17H15FN4O2/c18-13-3-1-12(2-4-13)17(5-9-23-10-6-17)16-22-21-15(24-16)14-11-19-7-8-20-14/h1-4,7-8,11H,5-6,9-10H2. The summed E-state index contributed by atoms with van der Waals surface area (Å²) in [5.41, 5.74) is 0.999. The number of nitrogens with zero attached hydrogens (tertiary/aromatic N) is 4. The van der Waals surface area contributed by atoms with Crippen LogP contribution in [0.15, 0.2) is 47.3 Å². The van der Waals surface area contributed by atoms with Crippen LogP contribution in [0.25, 0.3) is 11.6 Å². The van der Waals surface area contributed by atoms with Gasteiger partial charge in [0.05, 0.1) is 11.6 Å². The highest BCUT2D eigenvalue weighted by Gasteiger charge is 2.41. The molecule has 0 atom stereocenters. The van der Waals surface area contributed by atoms with Gasteiger partial charge in [-0.2, -0.15) is 0 Å². The maximum atomic E-state index is 13.3. The molecule has 1 fully saturated rings. The van der Waals surface area contributed by atoms with Gasteiger partial charge in [0.1, 0.15) is 11.5 Å². The summed E-state index contributed by atoms with van der Waals surface area (Å²) in [6.45, 7) is 1.17. The summed E-state index contributed by atoms with van der Waals surface area (Å²) in [6.07, 6.45) is 6.12. The van der Waals surface area contributed by atoms with E-state index in [0.29, 0.717) is 43.5 Å². The molecule has 4 rings (SSSR count). The van der Waals surface area contributed by atoms with E-state index in [0.717, 1.165) is 5.56 Å². The van der Waals surface area contributed by atoms with Crippen LogP contribution in [-0.4, -0.2) is 33.4 Å². The van der Waals surface area contributed by atoms with E-state index >= 15 is 0 Å². The Kier molecular flexibility index (Phi) is 3.78. The molecule has 0 saturated carbocycles. The maximum Gasteiger partial charge on any atom is 0.267 e. The largest absolute Gasteiger partial charge is 0.418 e. The van der Waals surface area contributed by atoms with Gasteiger partial charge in [-0.1, -0.05) is 12.1 Å². The number of hydrogen-bond donors (Lipinski definition) is 0. The molecule has 6 nitrogen and oxygen atoms in total. The summed E-state index contributed by atoms with van der Waals surface area (Å²) >= 11 is 0. The van der Waals surface area contributed by atoms with E-state index in [1.165, 1.54) is 12.1 Å². The van der Waals surface area contributed by atoms with Gasteiger partial charge < -0.3 is 9.15 Å². The first-order valence-electron chi connectivity index (χ1n) is 7.72. The quantitative estimate of drug-likeness (QED) is 0.737. The first-order chi connectivity index (χ1) is 11.8. The van der Waals surface area contributed by atoms with E-state index in [2.05, 4.69) is 20.2 Å². The second kappa shape index (κ2) is 6.09. The number of halogens is 1. The van der Waals surface area contributed by atoms with Gasteiger partial charge >= 0.3 is 0 Å². The van der Waals surface area contributed by atoms with E-state index < -0.39 is 5.41 Å². The molecule has 3 aromatic rings. The van der Waals surface area contributed by atoms with Crippen molar-refractivity contribution in [3.63, 3.8) is 0 Å². The predicted molar refractivity (Wildman–Crippen MR) is 82.6 cm³/mol. The normalized spacial score (nSPS) is 16.9. The van der Waals surface area contributed by atoms with E-state index in [-0.39, 0.29) is 5.82 Å². The molecule has 24 heavy (non-hydrogen) atoms. The molecule has 1 aliphatic heterocycles. The Bertz CT molecular complexity index is 814. The van der Waals surface area contributed by atoms with Gasteiger partial charge in [-0.05, 0) is 30.5 Å². The van der Waals surface area contributed by atoms with E-state index in [4.69, 9.17) is 9.15 Å². The fourth-order valence-corrected chi connectivity index (χ4v) is 3.04. The Morgan fingerprint density at radius 2 is 1.79 bits per heavy atom. The molecule has 1 aromatic carbocycles. The summed E-state index contributed by atoms with van der Waals surface area (Å²) in [5.74, 6) is 0.552. The smallest absolute Gasteiger partial charge is 0.267 e. The zero-order valence-electron chi connectivity index (χ0n) is 12.9. The second-order valence-corrected chi connectivity index (χ2v) is 5.70. The number of rotatable bonds is 3. The highest BCUT2D eigenvalue weighted by Crippen LogP contribution is 2.41. The number of aromatic nitrogens is 4. The lowest BCUT2D eigenvalue weighted by molar-refractivity contribution is 0.0546. The second-order valence-electron chi connectivity index (χ2n) is 5.70. The van der Waals surface area contributed by atoms with Crippen molar-refractivity contribution in [3.8, 4) is 11.6 Å².